The lowest BCUT2D eigenvalue weighted by Gasteiger charge is -2.32. The molecule has 1 fully saturated rings. The van der Waals surface area contributed by atoms with Crippen LogP contribution in [-0.4, -0.2) is 23.1 Å². The maximum absolute atomic E-state index is 9.00. The van der Waals surface area contributed by atoms with Gasteiger partial charge in [-0.05, 0) is 43.9 Å². The largest absolute Gasteiger partial charge is 0.356 e. The molecule has 23 heavy (non-hydrogen) atoms. The molecule has 0 spiro atoms. The van der Waals surface area contributed by atoms with Crippen molar-refractivity contribution in [3.05, 3.63) is 41.7 Å². The molecule has 1 aromatic heterocycles. The fourth-order valence-corrected chi connectivity index (χ4v) is 2.99. The number of nitrogens with zero attached hydrogens (tertiary/aromatic N) is 4. The van der Waals surface area contributed by atoms with Gasteiger partial charge in [0.2, 0.25) is 0 Å². The van der Waals surface area contributed by atoms with E-state index >= 15 is 0 Å². The Morgan fingerprint density at radius 3 is 2.96 bits per heavy atom. The zero-order valence-electron chi connectivity index (χ0n) is 13.6. The van der Waals surface area contributed by atoms with Crippen molar-refractivity contribution in [2.75, 3.05) is 23.3 Å². The van der Waals surface area contributed by atoms with Crippen molar-refractivity contribution in [3.8, 4) is 6.07 Å². The number of anilines is 3. The van der Waals surface area contributed by atoms with Crippen LogP contribution in [0.15, 0.2) is 30.3 Å². The molecule has 118 valence electrons. The Bertz CT molecular complexity index is 734. The van der Waals surface area contributed by atoms with E-state index in [0.29, 0.717) is 11.5 Å². The van der Waals surface area contributed by atoms with Crippen molar-refractivity contribution in [2.45, 2.75) is 26.7 Å². The van der Waals surface area contributed by atoms with Gasteiger partial charge < -0.3 is 10.2 Å². The summed E-state index contributed by atoms with van der Waals surface area (Å²) in [7, 11) is 0. The number of aryl methyl sites for hydroxylation is 1. The Labute approximate surface area is 137 Å². The Morgan fingerprint density at radius 2 is 2.17 bits per heavy atom. The van der Waals surface area contributed by atoms with E-state index in [1.54, 1.807) is 6.07 Å². The summed E-state index contributed by atoms with van der Waals surface area (Å²) in [6.45, 7) is 6.28. The lowest BCUT2D eigenvalue weighted by molar-refractivity contribution is 0.444. The van der Waals surface area contributed by atoms with Gasteiger partial charge in [0.1, 0.15) is 17.5 Å². The van der Waals surface area contributed by atoms with Crippen LogP contribution in [-0.2, 0) is 0 Å². The monoisotopic (exact) mass is 307 g/mol. The van der Waals surface area contributed by atoms with E-state index in [0.717, 1.165) is 36.2 Å². The minimum atomic E-state index is 0.630. The van der Waals surface area contributed by atoms with E-state index in [1.807, 2.05) is 31.2 Å². The van der Waals surface area contributed by atoms with Crippen molar-refractivity contribution >= 4 is 17.3 Å². The highest BCUT2D eigenvalue weighted by Crippen LogP contribution is 2.24. The number of hydrogen-bond acceptors (Lipinski definition) is 5. The third kappa shape index (κ3) is 3.78. The van der Waals surface area contributed by atoms with Gasteiger partial charge in [0, 0.05) is 24.8 Å². The van der Waals surface area contributed by atoms with Crippen molar-refractivity contribution < 1.29 is 0 Å². The number of benzene rings is 1. The second-order valence-electron chi connectivity index (χ2n) is 6.17. The molecule has 1 aliphatic rings. The highest BCUT2D eigenvalue weighted by atomic mass is 15.2. The molecule has 1 unspecified atom stereocenters. The molecular formula is C18H21N5. The Kier molecular flexibility index (Phi) is 4.42. The van der Waals surface area contributed by atoms with Gasteiger partial charge in [-0.15, -0.1) is 0 Å². The van der Waals surface area contributed by atoms with Crippen molar-refractivity contribution in [1.82, 2.24) is 9.97 Å². The Morgan fingerprint density at radius 1 is 1.30 bits per heavy atom. The molecule has 5 nitrogen and oxygen atoms in total. The third-order valence-corrected chi connectivity index (χ3v) is 4.07. The van der Waals surface area contributed by atoms with Crippen LogP contribution in [0.5, 0.6) is 0 Å². The number of piperidine rings is 1. The normalized spacial score (nSPS) is 17.6. The van der Waals surface area contributed by atoms with E-state index in [4.69, 9.17) is 5.26 Å². The molecule has 1 atom stereocenters. The number of aromatic nitrogens is 2. The molecule has 0 amide bonds. The average molecular weight is 307 g/mol. The second kappa shape index (κ2) is 6.66. The number of nitrogens with one attached hydrogen (secondary N) is 1. The van der Waals surface area contributed by atoms with E-state index in [1.165, 1.54) is 12.8 Å². The van der Waals surface area contributed by atoms with Gasteiger partial charge in [-0.1, -0.05) is 13.0 Å². The molecule has 2 heterocycles. The number of hydrogen-bond donors (Lipinski definition) is 1. The molecule has 0 radical (unpaired) electrons. The van der Waals surface area contributed by atoms with Crippen LogP contribution < -0.4 is 10.2 Å². The molecule has 3 rings (SSSR count). The smallest absolute Gasteiger partial charge is 0.136 e. The van der Waals surface area contributed by atoms with Crippen molar-refractivity contribution in [1.29, 1.82) is 5.26 Å². The molecule has 0 aliphatic carbocycles. The van der Waals surface area contributed by atoms with Gasteiger partial charge in [0.15, 0.2) is 0 Å². The number of rotatable bonds is 3. The van der Waals surface area contributed by atoms with E-state index in [-0.39, 0.29) is 0 Å². The predicted molar refractivity (Wildman–Crippen MR) is 91.8 cm³/mol. The molecular weight excluding hydrogens is 286 g/mol. The van der Waals surface area contributed by atoms with Crippen LogP contribution in [0.2, 0.25) is 0 Å². The SMILES string of the molecule is Cc1nc(Nc2cccc(C#N)c2)cc(N2CCCC(C)C2)n1. The van der Waals surface area contributed by atoms with E-state index < -0.39 is 0 Å². The standard InChI is InChI=1S/C18H21N5/c1-13-5-4-8-23(12-13)18-10-17(20-14(2)21-18)22-16-7-3-6-15(9-16)11-19/h3,6-7,9-10,13H,4-5,8,12H2,1-2H3,(H,20,21,22). The molecule has 5 heteroatoms. The van der Waals surface area contributed by atoms with E-state index in [2.05, 4.69) is 33.2 Å². The van der Waals surface area contributed by atoms with Gasteiger partial charge in [-0.3, -0.25) is 0 Å². The van der Waals surface area contributed by atoms with Gasteiger partial charge in [-0.25, -0.2) is 9.97 Å². The maximum Gasteiger partial charge on any atom is 0.136 e. The van der Waals surface area contributed by atoms with Gasteiger partial charge in [-0.2, -0.15) is 5.26 Å². The first kappa shape index (κ1) is 15.3. The van der Waals surface area contributed by atoms with Crippen molar-refractivity contribution in [2.24, 2.45) is 5.92 Å². The first-order chi connectivity index (χ1) is 11.1. The van der Waals surface area contributed by atoms with Gasteiger partial charge in [0.05, 0.1) is 11.6 Å². The van der Waals surface area contributed by atoms with Gasteiger partial charge in [0.25, 0.3) is 0 Å². The summed E-state index contributed by atoms with van der Waals surface area (Å²) < 4.78 is 0. The van der Waals surface area contributed by atoms with Crippen LogP contribution in [0.4, 0.5) is 17.3 Å². The first-order valence-electron chi connectivity index (χ1n) is 8.02. The van der Waals surface area contributed by atoms with E-state index in [9.17, 15) is 0 Å². The topological polar surface area (TPSA) is 64.8 Å². The molecule has 1 aromatic carbocycles. The van der Waals surface area contributed by atoms with Crippen molar-refractivity contribution in [3.63, 3.8) is 0 Å². The summed E-state index contributed by atoms with van der Waals surface area (Å²) in [5, 5.41) is 12.3. The lowest BCUT2D eigenvalue weighted by atomic mass is 10.0. The third-order valence-electron chi connectivity index (χ3n) is 4.07. The minimum Gasteiger partial charge on any atom is -0.356 e. The molecule has 2 aromatic rings. The average Bonchev–Trinajstić information content (AvgIpc) is 2.54. The van der Waals surface area contributed by atoms with Crippen LogP contribution in [0.1, 0.15) is 31.2 Å². The summed E-state index contributed by atoms with van der Waals surface area (Å²) >= 11 is 0. The molecule has 1 aliphatic heterocycles. The fraction of sp³-hybridized carbons (Fsp3) is 0.389. The van der Waals surface area contributed by atoms with Crippen LogP contribution in [0, 0.1) is 24.2 Å². The van der Waals surface area contributed by atoms with Crippen LogP contribution >= 0.6 is 0 Å². The molecule has 1 N–H and O–H groups in total. The number of nitriles is 1. The summed E-state index contributed by atoms with van der Waals surface area (Å²) in [6.07, 6.45) is 2.49. The zero-order chi connectivity index (χ0) is 16.2. The highest BCUT2D eigenvalue weighted by molar-refractivity contribution is 5.61. The summed E-state index contributed by atoms with van der Waals surface area (Å²) in [5.41, 5.74) is 1.49. The zero-order valence-corrected chi connectivity index (χ0v) is 13.6. The molecule has 0 saturated carbocycles. The fourth-order valence-electron chi connectivity index (χ4n) is 2.99. The quantitative estimate of drug-likeness (QED) is 0.938. The van der Waals surface area contributed by atoms with Crippen LogP contribution in [0.25, 0.3) is 0 Å². The Hall–Kier alpha value is -2.61. The highest BCUT2D eigenvalue weighted by Gasteiger charge is 2.18. The second-order valence-corrected chi connectivity index (χ2v) is 6.17. The Balaban J connectivity index is 1.84. The lowest BCUT2D eigenvalue weighted by Crippen LogP contribution is -2.35. The molecule has 0 bridgehead atoms. The summed E-state index contributed by atoms with van der Waals surface area (Å²) in [4.78, 5) is 11.4. The van der Waals surface area contributed by atoms with Gasteiger partial charge >= 0.3 is 0 Å². The molecule has 1 saturated heterocycles. The first-order valence-corrected chi connectivity index (χ1v) is 8.02. The predicted octanol–water partition coefficient (Wildman–Crippen LogP) is 3.64. The minimum absolute atomic E-state index is 0.630. The summed E-state index contributed by atoms with van der Waals surface area (Å²) in [5.74, 6) is 3.19. The van der Waals surface area contributed by atoms with Crippen LogP contribution in [0.3, 0.4) is 0 Å². The summed E-state index contributed by atoms with van der Waals surface area (Å²) in [6, 6.07) is 11.5. The maximum atomic E-state index is 9.00.